The van der Waals surface area contributed by atoms with Crippen LogP contribution in [0.25, 0.3) is 11.6 Å². The molecule has 3 rings (SSSR count). The van der Waals surface area contributed by atoms with E-state index in [1.165, 1.54) is 48.5 Å². The smallest absolute Gasteiger partial charge is 0.269 e. The zero-order chi connectivity index (χ0) is 21.7. The van der Waals surface area contributed by atoms with E-state index in [4.69, 9.17) is 27.9 Å². The van der Waals surface area contributed by atoms with Crippen molar-refractivity contribution in [3.05, 3.63) is 103 Å². The van der Waals surface area contributed by atoms with Gasteiger partial charge >= 0.3 is 0 Å². The third kappa shape index (κ3) is 4.95. The van der Waals surface area contributed by atoms with Crippen molar-refractivity contribution in [2.24, 2.45) is 0 Å². The van der Waals surface area contributed by atoms with Crippen LogP contribution in [0.1, 0.15) is 16.7 Å². The summed E-state index contributed by atoms with van der Waals surface area (Å²) in [6, 6.07) is 17.0. The van der Waals surface area contributed by atoms with Crippen molar-refractivity contribution in [1.82, 2.24) is 0 Å². The van der Waals surface area contributed by atoms with Gasteiger partial charge in [0.05, 0.1) is 26.6 Å². The quantitative estimate of drug-likeness (QED) is 0.184. The minimum atomic E-state index is -0.514. The molecule has 0 fully saturated rings. The lowest BCUT2D eigenvalue weighted by Gasteiger charge is -2.11. The maximum absolute atomic E-state index is 14.0. The highest BCUT2D eigenvalue weighted by molar-refractivity contribution is 6.37. The van der Waals surface area contributed by atoms with Crippen molar-refractivity contribution in [3.8, 4) is 11.8 Å². The molecule has 0 saturated carbocycles. The molecule has 0 bridgehead atoms. The van der Waals surface area contributed by atoms with E-state index in [2.05, 4.69) is 0 Å². The van der Waals surface area contributed by atoms with Gasteiger partial charge in [-0.1, -0.05) is 53.5 Å². The summed E-state index contributed by atoms with van der Waals surface area (Å²) in [7, 11) is 0. The number of halogens is 3. The highest BCUT2D eigenvalue weighted by Crippen LogP contribution is 2.36. The summed E-state index contributed by atoms with van der Waals surface area (Å²) in [4.78, 5) is 10.4. The molecule has 5 nitrogen and oxygen atoms in total. The predicted molar refractivity (Wildman–Crippen MR) is 114 cm³/mol. The van der Waals surface area contributed by atoms with Gasteiger partial charge in [0, 0.05) is 17.7 Å². The molecule has 3 aromatic rings. The number of nitrogens with zero attached hydrogens (tertiary/aromatic N) is 2. The largest absolute Gasteiger partial charge is 0.486 e. The zero-order valence-corrected chi connectivity index (χ0v) is 16.8. The van der Waals surface area contributed by atoms with Crippen LogP contribution in [-0.2, 0) is 6.61 Å². The van der Waals surface area contributed by atoms with Crippen LogP contribution >= 0.6 is 23.2 Å². The second-order valence-corrected chi connectivity index (χ2v) is 6.99. The predicted octanol–water partition coefficient (Wildman–Crippen LogP) is 6.68. The molecular formula is C22H13Cl2FN2O3. The first-order valence-electron chi connectivity index (χ1n) is 8.61. The molecule has 0 N–H and O–H groups in total. The van der Waals surface area contributed by atoms with Crippen LogP contribution < -0.4 is 4.74 Å². The van der Waals surface area contributed by atoms with Crippen LogP contribution in [0.4, 0.5) is 10.1 Å². The Morgan fingerprint density at radius 3 is 2.47 bits per heavy atom. The highest BCUT2D eigenvalue weighted by Gasteiger charge is 2.13. The molecule has 0 radical (unpaired) electrons. The van der Waals surface area contributed by atoms with Gasteiger partial charge in [0.15, 0.2) is 5.75 Å². The van der Waals surface area contributed by atoms with E-state index >= 15 is 0 Å². The lowest BCUT2D eigenvalue weighted by molar-refractivity contribution is -0.384. The first-order valence-corrected chi connectivity index (χ1v) is 9.36. The van der Waals surface area contributed by atoms with Gasteiger partial charge in [-0.15, -0.1) is 0 Å². The van der Waals surface area contributed by atoms with Gasteiger partial charge in [-0.25, -0.2) is 4.39 Å². The molecular weight excluding hydrogens is 430 g/mol. The van der Waals surface area contributed by atoms with E-state index in [0.29, 0.717) is 11.1 Å². The average molecular weight is 443 g/mol. The van der Waals surface area contributed by atoms with Crippen molar-refractivity contribution >= 4 is 40.5 Å². The maximum atomic E-state index is 14.0. The fourth-order valence-corrected chi connectivity index (χ4v) is 3.35. The van der Waals surface area contributed by atoms with Gasteiger partial charge in [0.25, 0.3) is 5.69 Å². The number of benzene rings is 3. The third-order valence-electron chi connectivity index (χ3n) is 4.12. The van der Waals surface area contributed by atoms with Gasteiger partial charge in [-0.2, -0.15) is 5.26 Å². The molecule has 0 saturated heterocycles. The standard InChI is InChI=1S/C22H13Cl2FN2O3/c23-19-10-15(8-16(12-26)18-6-1-2-7-21(18)25)11-20(24)22(19)30-13-14-4-3-5-17(9-14)27(28)29/h1-11H,13H2/b16-8-. The molecule has 0 aliphatic carbocycles. The molecule has 0 spiro atoms. The van der Waals surface area contributed by atoms with Crippen LogP contribution in [0.15, 0.2) is 60.7 Å². The monoisotopic (exact) mass is 442 g/mol. The Balaban J connectivity index is 1.85. The van der Waals surface area contributed by atoms with Crippen molar-refractivity contribution < 1.29 is 14.1 Å². The Morgan fingerprint density at radius 2 is 1.83 bits per heavy atom. The Labute approximate surface area is 181 Å². The number of non-ortho nitro benzene ring substituents is 1. The van der Waals surface area contributed by atoms with Crippen LogP contribution in [0.3, 0.4) is 0 Å². The lowest BCUT2D eigenvalue weighted by Crippen LogP contribution is -1.98. The van der Waals surface area contributed by atoms with E-state index < -0.39 is 10.7 Å². The normalized spacial score (nSPS) is 11.1. The average Bonchev–Trinajstić information content (AvgIpc) is 2.72. The number of rotatable bonds is 6. The highest BCUT2D eigenvalue weighted by atomic mass is 35.5. The molecule has 0 amide bonds. The van der Waals surface area contributed by atoms with Gasteiger partial charge in [0.2, 0.25) is 0 Å². The van der Waals surface area contributed by atoms with Gasteiger partial charge in [-0.05, 0) is 35.4 Å². The number of hydrogen-bond acceptors (Lipinski definition) is 4. The summed E-state index contributed by atoms with van der Waals surface area (Å²) in [6.07, 6.45) is 1.47. The van der Waals surface area contributed by atoms with Crippen molar-refractivity contribution in [3.63, 3.8) is 0 Å². The van der Waals surface area contributed by atoms with Gasteiger partial charge < -0.3 is 4.74 Å². The Hall–Kier alpha value is -3.40. The summed E-state index contributed by atoms with van der Waals surface area (Å²) in [5.74, 6) is -0.314. The first-order chi connectivity index (χ1) is 14.4. The van der Waals surface area contributed by atoms with Crippen molar-refractivity contribution in [2.45, 2.75) is 6.61 Å². The molecule has 0 aliphatic rings. The second-order valence-electron chi connectivity index (χ2n) is 6.18. The number of nitro groups is 1. The minimum absolute atomic E-state index is 0.0228. The summed E-state index contributed by atoms with van der Waals surface area (Å²) in [6.45, 7) is 0.0228. The Morgan fingerprint density at radius 1 is 1.13 bits per heavy atom. The zero-order valence-electron chi connectivity index (χ0n) is 15.3. The molecule has 0 atom stereocenters. The fraction of sp³-hybridized carbons (Fsp3) is 0.0455. The number of ether oxygens (including phenoxy) is 1. The number of nitriles is 1. The maximum Gasteiger partial charge on any atom is 0.269 e. The molecule has 0 heterocycles. The van der Waals surface area contributed by atoms with Crippen LogP contribution in [0.5, 0.6) is 5.75 Å². The third-order valence-corrected chi connectivity index (χ3v) is 4.68. The fourth-order valence-electron chi connectivity index (χ4n) is 2.73. The lowest BCUT2D eigenvalue weighted by atomic mass is 10.0. The Bertz CT molecular complexity index is 1170. The number of nitro benzene ring substituents is 1. The Kier molecular flexibility index (Phi) is 6.68. The molecule has 0 unspecified atom stereocenters. The van der Waals surface area contributed by atoms with E-state index in [1.54, 1.807) is 18.2 Å². The summed E-state index contributed by atoms with van der Waals surface area (Å²) >= 11 is 12.6. The summed E-state index contributed by atoms with van der Waals surface area (Å²) in [5, 5.41) is 20.7. The molecule has 3 aromatic carbocycles. The SMILES string of the molecule is N#C/C(=C/c1cc(Cl)c(OCc2cccc([N+](=O)[O-])c2)c(Cl)c1)c1ccccc1F. The number of hydrogen-bond donors (Lipinski definition) is 0. The topological polar surface area (TPSA) is 76.2 Å². The van der Waals surface area contributed by atoms with Crippen molar-refractivity contribution in [1.29, 1.82) is 5.26 Å². The molecule has 0 aliphatic heterocycles. The van der Waals surface area contributed by atoms with Crippen LogP contribution in [0.2, 0.25) is 10.0 Å². The van der Waals surface area contributed by atoms with E-state index in [-0.39, 0.29) is 39.2 Å². The summed E-state index contributed by atoms with van der Waals surface area (Å²) in [5.41, 5.74) is 1.30. The van der Waals surface area contributed by atoms with E-state index in [0.717, 1.165) is 0 Å². The van der Waals surface area contributed by atoms with Crippen LogP contribution in [-0.4, -0.2) is 4.92 Å². The van der Waals surface area contributed by atoms with E-state index in [1.807, 2.05) is 6.07 Å². The minimum Gasteiger partial charge on any atom is -0.486 e. The molecule has 0 aromatic heterocycles. The molecule has 150 valence electrons. The molecule has 8 heteroatoms. The van der Waals surface area contributed by atoms with Crippen LogP contribution in [0, 0.1) is 27.3 Å². The van der Waals surface area contributed by atoms with Gasteiger partial charge in [0.1, 0.15) is 12.4 Å². The first kappa shape index (κ1) is 21.3. The second kappa shape index (κ2) is 9.40. The number of allylic oxidation sites excluding steroid dienone is 1. The molecule has 30 heavy (non-hydrogen) atoms. The van der Waals surface area contributed by atoms with Crippen molar-refractivity contribution in [2.75, 3.05) is 0 Å². The summed E-state index contributed by atoms with van der Waals surface area (Å²) < 4.78 is 19.6. The van der Waals surface area contributed by atoms with Gasteiger partial charge in [-0.3, -0.25) is 10.1 Å². The van der Waals surface area contributed by atoms with E-state index in [9.17, 15) is 19.8 Å².